The third kappa shape index (κ3) is 4.85. The van der Waals surface area contributed by atoms with Gasteiger partial charge in [-0.25, -0.2) is 4.39 Å². The number of rotatable bonds is 6. The molecular formula is C22H20FNO3. The highest BCUT2D eigenvalue weighted by Gasteiger charge is 2.11. The normalized spacial score (nSPS) is 10.3. The highest BCUT2D eigenvalue weighted by molar-refractivity contribution is 6.04. The second-order valence-electron chi connectivity index (χ2n) is 6.09. The average molecular weight is 365 g/mol. The fourth-order valence-electron chi connectivity index (χ4n) is 2.56. The third-order valence-corrected chi connectivity index (χ3v) is 4.06. The molecule has 27 heavy (non-hydrogen) atoms. The lowest BCUT2D eigenvalue weighted by Crippen LogP contribution is -2.12. The first-order valence-electron chi connectivity index (χ1n) is 8.48. The molecule has 0 unspecified atom stereocenters. The standard InChI is InChI=1S/C22H20FNO3/c1-15-3-10-20(11-4-15)27-14-17-13-16(5-12-21(17)26-2)22(25)24-19-8-6-18(23)7-9-19/h3-13H,14H2,1-2H3,(H,24,25). The minimum absolute atomic E-state index is 0.268. The van der Waals surface area contributed by atoms with Gasteiger partial charge in [-0.05, 0) is 61.5 Å². The number of aryl methyl sites for hydroxylation is 1. The lowest BCUT2D eigenvalue weighted by atomic mass is 10.1. The number of carbonyl (C=O) groups excluding carboxylic acids is 1. The Hall–Kier alpha value is -3.34. The fourth-order valence-corrected chi connectivity index (χ4v) is 2.56. The minimum atomic E-state index is -0.354. The van der Waals surface area contributed by atoms with Crippen molar-refractivity contribution in [2.24, 2.45) is 0 Å². The predicted octanol–water partition coefficient (Wildman–Crippen LogP) is 4.97. The van der Waals surface area contributed by atoms with Crippen LogP contribution < -0.4 is 14.8 Å². The van der Waals surface area contributed by atoms with Gasteiger partial charge in [0.25, 0.3) is 5.91 Å². The van der Waals surface area contributed by atoms with Crippen LogP contribution in [0.15, 0.2) is 66.7 Å². The van der Waals surface area contributed by atoms with E-state index < -0.39 is 0 Å². The molecule has 4 nitrogen and oxygen atoms in total. The van der Waals surface area contributed by atoms with Gasteiger partial charge in [0.1, 0.15) is 23.9 Å². The molecular weight excluding hydrogens is 345 g/mol. The first kappa shape index (κ1) is 18.5. The molecule has 1 N–H and O–H groups in total. The molecule has 0 radical (unpaired) electrons. The van der Waals surface area contributed by atoms with Crippen molar-refractivity contribution < 1.29 is 18.7 Å². The first-order valence-corrected chi connectivity index (χ1v) is 8.48. The summed E-state index contributed by atoms with van der Waals surface area (Å²) in [5, 5.41) is 2.74. The summed E-state index contributed by atoms with van der Waals surface area (Å²) in [7, 11) is 1.57. The maximum absolute atomic E-state index is 13.0. The van der Waals surface area contributed by atoms with Crippen LogP contribution in [0.25, 0.3) is 0 Å². The lowest BCUT2D eigenvalue weighted by molar-refractivity contribution is 0.102. The Bertz CT molecular complexity index is 921. The molecule has 0 fully saturated rings. The van der Waals surface area contributed by atoms with Crippen molar-refractivity contribution in [2.45, 2.75) is 13.5 Å². The zero-order valence-corrected chi connectivity index (χ0v) is 15.2. The van der Waals surface area contributed by atoms with Gasteiger partial charge < -0.3 is 14.8 Å². The number of hydrogen-bond acceptors (Lipinski definition) is 3. The van der Waals surface area contributed by atoms with Gasteiger partial charge in [0.15, 0.2) is 0 Å². The summed E-state index contributed by atoms with van der Waals surface area (Å²) >= 11 is 0. The maximum Gasteiger partial charge on any atom is 0.255 e. The van der Waals surface area contributed by atoms with Crippen molar-refractivity contribution >= 4 is 11.6 Å². The number of hydrogen-bond donors (Lipinski definition) is 1. The summed E-state index contributed by atoms with van der Waals surface area (Å²) in [6.45, 7) is 2.28. The molecule has 3 rings (SSSR count). The molecule has 0 spiro atoms. The number of halogens is 1. The van der Waals surface area contributed by atoms with Gasteiger partial charge in [0, 0.05) is 16.8 Å². The maximum atomic E-state index is 13.0. The SMILES string of the molecule is COc1ccc(C(=O)Nc2ccc(F)cc2)cc1COc1ccc(C)cc1. The number of nitrogens with one attached hydrogen (secondary N) is 1. The lowest BCUT2D eigenvalue weighted by Gasteiger charge is -2.12. The molecule has 0 aromatic heterocycles. The van der Waals surface area contributed by atoms with Gasteiger partial charge in [-0.1, -0.05) is 17.7 Å². The van der Waals surface area contributed by atoms with E-state index in [2.05, 4.69) is 5.32 Å². The molecule has 0 aliphatic rings. The van der Waals surface area contributed by atoms with Crippen LogP contribution in [0.5, 0.6) is 11.5 Å². The monoisotopic (exact) mass is 365 g/mol. The molecule has 5 heteroatoms. The van der Waals surface area contributed by atoms with Gasteiger partial charge in [0.2, 0.25) is 0 Å². The van der Waals surface area contributed by atoms with Gasteiger partial charge >= 0.3 is 0 Å². The zero-order valence-electron chi connectivity index (χ0n) is 15.2. The van der Waals surface area contributed by atoms with Crippen molar-refractivity contribution in [1.29, 1.82) is 0 Å². The second kappa shape index (κ2) is 8.36. The number of carbonyl (C=O) groups is 1. The Morgan fingerprint density at radius 2 is 1.70 bits per heavy atom. The Morgan fingerprint density at radius 3 is 2.37 bits per heavy atom. The second-order valence-corrected chi connectivity index (χ2v) is 6.09. The van der Waals surface area contributed by atoms with Gasteiger partial charge in [0.05, 0.1) is 7.11 Å². The largest absolute Gasteiger partial charge is 0.496 e. The predicted molar refractivity (Wildman–Crippen MR) is 103 cm³/mol. The summed E-state index contributed by atoms with van der Waals surface area (Å²) in [5.74, 6) is 0.734. The minimum Gasteiger partial charge on any atom is -0.496 e. The molecule has 1 amide bonds. The first-order chi connectivity index (χ1) is 13.0. The number of methoxy groups -OCH3 is 1. The molecule has 0 heterocycles. The van der Waals surface area contributed by atoms with Crippen LogP contribution in [0.1, 0.15) is 21.5 Å². The summed E-state index contributed by atoms with van der Waals surface area (Å²) in [5.41, 5.74) is 2.89. The smallest absolute Gasteiger partial charge is 0.255 e. The van der Waals surface area contributed by atoms with Gasteiger partial charge in [-0.2, -0.15) is 0 Å². The van der Waals surface area contributed by atoms with Crippen molar-refractivity contribution in [3.8, 4) is 11.5 Å². The highest BCUT2D eigenvalue weighted by Crippen LogP contribution is 2.23. The number of benzene rings is 3. The van der Waals surface area contributed by atoms with Crippen LogP contribution in [0, 0.1) is 12.7 Å². The van der Waals surface area contributed by atoms with E-state index in [1.807, 2.05) is 31.2 Å². The van der Waals surface area contributed by atoms with E-state index in [4.69, 9.17) is 9.47 Å². The molecule has 0 saturated heterocycles. The third-order valence-electron chi connectivity index (χ3n) is 4.06. The molecule has 0 bridgehead atoms. The molecule has 138 valence electrons. The Labute approximate surface area is 157 Å². The van der Waals surface area contributed by atoms with Gasteiger partial charge in [-0.3, -0.25) is 4.79 Å². The van der Waals surface area contributed by atoms with E-state index >= 15 is 0 Å². The fraction of sp³-hybridized carbons (Fsp3) is 0.136. The van der Waals surface area contributed by atoms with E-state index in [1.54, 1.807) is 25.3 Å². The van der Waals surface area contributed by atoms with Crippen LogP contribution in [0.2, 0.25) is 0 Å². The van der Waals surface area contributed by atoms with E-state index in [0.29, 0.717) is 17.0 Å². The zero-order chi connectivity index (χ0) is 19.2. The quantitative estimate of drug-likeness (QED) is 0.671. The summed E-state index contributed by atoms with van der Waals surface area (Å²) in [6, 6.07) is 18.5. The number of ether oxygens (including phenoxy) is 2. The van der Waals surface area contributed by atoms with E-state index in [0.717, 1.165) is 16.9 Å². The molecule has 0 aliphatic heterocycles. The number of anilines is 1. The van der Waals surface area contributed by atoms with Crippen molar-refractivity contribution in [2.75, 3.05) is 12.4 Å². The Morgan fingerprint density at radius 1 is 1.00 bits per heavy atom. The Kier molecular flexibility index (Phi) is 5.71. The molecule has 3 aromatic rings. The van der Waals surface area contributed by atoms with Gasteiger partial charge in [-0.15, -0.1) is 0 Å². The highest BCUT2D eigenvalue weighted by atomic mass is 19.1. The summed E-state index contributed by atoms with van der Waals surface area (Å²) < 4.78 is 24.2. The van der Waals surface area contributed by atoms with Crippen molar-refractivity contribution in [1.82, 2.24) is 0 Å². The molecule has 0 aliphatic carbocycles. The molecule has 0 saturated carbocycles. The van der Waals surface area contributed by atoms with Crippen molar-refractivity contribution in [3.05, 3.63) is 89.2 Å². The summed E-state index contributed by atoms with van der Waals surface area (Å²) in [4.78, 5) is 12.5. The average Bonchev–Trinajstić information content (AvgIpc) is 2.69. The molecule has 3 aromatic carbocycles. The van der Waals surface area contributed by atoms with E-state index in [9.17, 15) is 9.18 Å². The van der Waals surface area contributed by atoms with Crippen LogP contribution in [0.4, 0.5) is 10.1 Å². The van der Waals surface area contributed by atoms with E-state index in [-0.39, 0.29) is 18.3 Å². The van der Waals surface area contributed by atoms with Crippen LogP contribution >= 0.6 is 0 Å². The van der Waals surface area contributed by atoms with Crippen LogP contribution in [0.3, 0.4) is 0 Å². The van der Waals surface area contributed by atoms with Crippen LogP contribution in [-0.2, 0) is 6.61 Å². The van der Waals surface area contributed by atoms with Crippen molar-refractivity contribution in [3.63, 3.8) is 0 Å². The summed E-state index contributed by atoms with van der Waals surface area (Å²) in [6.07, 6.45) is 0. The number of amides is 1. The topological polar surface area (TPSA) is 47.6 Å². The Balaban J connectivity index is 1.74. The van der Waals surface area contributed by atoms with E-state index in [1.165, 1.54) is 24.3 Å². The van der Waals surface area contributed by atoms with Crippen LogP contribution in [-0.4, -0.2) is 13.0 Å². The molecule has 0 atom stereocenters.